The van der Waals surface area contributed by atoms with E-state index in [2.05, 4.69) is 4.98 Å². The summed E-state index contributed by atoms with van der Waals surface area (Å²) in [6.07, 6.45) is 2.66. The molecule has 1 aliphatic rings. The van der Waals surface area contributed by atoms with Gasteiger partial charge in [-0.1, -0.05) is 30.3 Å². The van der Waals surface area contributed by atoms with Crippen molar-refractivity contribution in [1.29, 1.82) is 0 Å². The van der Waals surface area contributed by atoms with Crippen molar-refractivity contribution >= 4 is 27.5 Å². The number of hydrogen-bond donors (Lipinski definition) is 1. The van der Waals surface area contributed by atoms with Gasteiger partial charge in [0.1, 0.15) is 22.7 Å². The molecule has 1 N–H and O–H groups in total. The largest absolute Gasteiger partial charge is 0.480 e. The molecule has 0 amide bonds. The molecule has 0 spiro atoms. The average molecular weight is 512 g/mol. The maximum atomic E-state index is 13.8. The van der Waals surface area contributed by atoms with E-state index in [0.29, 0.717) is 27.8 Å². The second kappa shape index (κ2) is 9.16. The molecule has 10 nitrogen and oxygen atoms in total. The van der Waals surface area contributed by atoms with Crippen LogP contribution in [-0.4, -0.2) is 38.1 Å². The third-order valence-corrected chi connectivity index (χ3v) is 7.72. The number of carboxylic acid groups (broad SMARTS) is 1. The van der Waals surface area contributed by atoms with Gasteiger partial charge in [0.15, 0.2) is 6.29 Å². The lowest BCUT2D eigenvalue weighted by molar-refractivity contribution is -0.239. The minimum atomic E-state index is -1.79. The Balaban J connectivity index is 1.76. The van der Waals surface area contributed by atoms with Crippen LogP contribution in [0.1, 0.15) is 37.5 Å². The number of carboxylic acids is 1. The summed E-state index contributed by atoms with van der Waals surface area (Å²) in [7, 11) is 0. The molecule has 5 rings (SSSR count). The van der Waals surface area contributed by atoms with Crippen molar-refractivity contribution in [3.05, 3.63) is 74.8 Å². The highest BCUT2D eigenvalue weighted by molar-refractivity contribution is 7.22. The highest BCUT2D eigenvalue weighted by Crippen LogP contribution is 2.36. The molecule has 1 unspecified atom stereocenters. The summed E-state index contributed by atoms with van der Waals surface area (Å²) in [6, 6.07) is 9.40. The van der Waals surface area contributed by atoms with Crippen LogP contribution < -0.4 is 11.2 Å². The number of rotatable bonds is 8. The van der Waals surface area contributed by atoms with Crippen LogP contribution in [0, 0.1) is 6.92 Å². The molecular formula is C25H25N3O7S. The maximum absolute atomic E-state index is 13.8. The summed E-state index contributed by atoms with van der Waals surface area (Å²) in [4.78, 5) is 44.8. The molecule has 4 aromatic rings. The zero-order chi connectivity index (χ0) is 25.6. The van der Waals surface area contributed by atoms with Gasteiger partial charge in [-0.2, -0.15) is 0 Å². The number of aromatic nitrogens is 3. The number of benzene rings is 1. The van der Waals surface area contributed by atoms with Gasteiger partial charge in [0.25, 0.3) is 5.56 Å². The first-order valence-corrected chi connectivity index (χ1v) is 12.3. The van der Waals surface area contributed by atoms with Gasteiger partial charge in [0.2, 0.25) is 5.89 Å². The van der Waals surface area contributed by atoms with E-state index in [1.165, 1.54) is 42.2 Å². The van der Waals surface area contributed by atoms with Crippen LogP contribution in [0.5, 0.6) is 0 Å². The average Bonchev–Trinajstić information content (AvgIpc) is 3.46. The number of thiophene rings is 1. The van der Waals surface area contributed by atoms with Crippen LogP contribution in [-0.2, 0) is 26.4 Å². The fourth-order valence-corrected chi connectivity index (χ4v) is 5.44. The molecule has 0 aliphatic carbocycles. The Hall–Kier alpha value is -3.54. The van der Waals surface area contributed by atoms with E-state index in [1.54, 1.807) is 6.92 Å². The summed E-state index contributed by atoms with van der Waals surface area (Å²) in [5, 5.41) is 10.1. The lowest BCUT2D eigenvalue weighted by Gasteiger charge is -2.31. The highest BCUT2D eigenvalue weighted by Gasteiger charge is 2.36. The number of aryl methyl sites for hydroxylation is 1. The number of carbonyl (C=O) groups is 1. The van der Waals surface area contributed by atoms with Crippen LogP contribution in [0.2, 0.25) is 0 Å². The standard InChI is InChI=1S/C25H25N3O7S/c1-14-18-21(29)28(25(2,3)23(30)31)24(32)27(22(18)36-19(14)20-26-10-12-34-20)13-16(35-17-9-11-33-17)15-7-5-4-6-8-15/h4-8,10,12,16-17H,9,11,13H2,1-3H3,(H,30,31)/t16-,17?/m0/s1. The van der Waals surface area contributed by atoms with Gasteiger partial charge in [-0.3, -0.25) is 9.36 Å². The highest BCUT2D eigenvalue weighted by atomic mass is 32.1. The van der Waals surface area contributed by atoms with Crippen molar-refractivity contribution < 1.29 is 23.8 Å². The van der Waals surface area contributed by atoms with Crippen molar-refractivity contribution in [3.63, 3.8) is 0 Å². The van der Waals surface area contributed by atoms with Crippen LogP contribution in [0.25, 0.3) is 21.0 Å². The Morgan fingerprint density at radius 3 is 2.61 bits per heavy atom. The predicted molar refractivity (Wildman–Crippen MR) is 132 cm³/mol. The molecule has 1 fully saturated rings. The molecule has 1 aromatic carbocycles. The molecule has 1 aliphatic heterocycles. The molecular weight excluding hydrogens is 486 g/mol. The van der Waals surface area contributed by atoms with Crippen molar-refractivity contribution in [3.8, 4) is 10.8 Å². The zero-order valence-corrected chi connectivity index (χ0v) is 20.8. The molecule has 0 bridgehead atoms. The van der Waals surface area contributed by atoms with E-state index >= 15 is 0 Å². The van der Waals surface area contributed by atoms with Gasteiger partial charge in [-0.05, 0) is 31.9 Å². The minimum absolute atomic E-state index is 0.0418. The Kier molecular flexibility index (Phi) is 6.15. The third kappa shape index (κ3) is 3.98. The van der Waals surface area contributed by atoms with Crippen LogP contribution in [0.3, 0.4) is 0 Å². The number of hydrogen-bond acceptors (Lipinski definition) is 8. The molecule has 2 atom stereocenters. The molecule has 1 saturated heterocycles. The summed E-state index contributed by atoms with van der Waals surface area (Å²) in [6.45, 7) is 5.04. The first-order valence-electron chi connectivity index (χ1n) is 11.4. The van der Waals surface area contributed by atoms with E-state index in [4.69, 9.17) is 13.9 Å². The van der Waals surface area contributed by atoms with Crippen LogP contribution in [0.4, 0.5) is 0 Å². The topological polar surface area (TPSA) is 126 Å². The van der Waals surface area contributed by atoms with E-state index in [0.717, 1.165) is 16.6 Å². The Morgan fingerprint density at radius 2 is 2.03 bits per heavy atom. The number of fused-ring (bicyclic) bond motifs is 1. The number of ether oxygens (including phenoxy) is 2. The van der Waals surface area contributed by atoms with Gasteiger partial charge in [0, 0.05) is 6.42 Å². The Bertz CT molecular complexity index is 1530. The van der Waals surface area contributed by atoms with Crippen LogP contribution >= 0.6 is 11.3 Å². The van der Waals surface area contributed by atoms with Gasteiger partial charge >= 0.3 is 11.7 Å². The van der Waals surface area contributed by atoms with Crippen LogP contribution in [0.15, 0.2) is 56.8 Å². The molecule has 3 aromatic heterocycles. The normalized spacial score (nSPS) is 16.7. The molecule has 188 valence electrons. The molecule has 11 heteroatoms. The first-order chi connectivity index (χ1) is 17.2. The van der Waals surface area contributed by atoms with Crippen molar-refractivity contribution in [2.75, 3.05) is 6.61 Å². The minimum Gasteiger partial charge on any atom is -0.480 e. The predicted octanol–water partition coefficient (Wildman–Crippen LogP) is 3.51. The molecule has 0 radical (unpaired) electrons. The van der Waals surface area contributed by atoms with E-state index in [1.807, 2.05) is 30.3 Å². The number of aliphatic carboxylic acids is 1. The lowest BCUT2D eigenvalue weighted by atomic mass is 10.1. The van der Waals surface area contributed by atoms with Crippen molar-refractivity contribution in [1.82, 2.24) is 14.1 Å². The monoisotopic (exact) mass is 511 g/mol. The number of nitrogens with zero attached hydrogens (tertiary/aromatic N) is 3. The SMILES string of the molecule is Cc1c(-c2ncco2)sc2c1c(=O)n(C(C)(C)C(=O)O)c(=O)n2C[C@H](OC1CCO1)c1ccccc1. The Labute approximate surface area is 209 Å². The van der Waals surface area contributed by atoms with Gasteiger partial charge in [-0.25, -0.2) is 19.1 Å². The second-order valence-corrected chi connectivity index (χ2v) is 10.1. The summed E-state index contributed by atoms with van der Waals surface area (Å²) >= 11 is 1.20. The quantitative estimate of drug-likeness (QED) is 0.381. The van der Waals surface area contributed by atoms with Gasteiger partial charge in [0.05, 0.1) is 29.6 Å². The maximum Gasteiger partial charge on any atom is 0.333 e. The van der Waals surface area contributed by atoms with Gasteiger partial charge < -0.3 is 19.0 Å². The van der Waals surface area contributed by atoms with Crippen molar-refractivity contribution in [2.24, 2.45) is 0 Å². The fourth-order valence-electron chi connectivity index (χ4n) is 4.20. The molecule has 36 heavy (non-hydrogen) atoms. The van der Waals surface area contributed by atoms with Crippen molar-refractivity contribution in [2.45, 2.75) is 51.7 Å². The van der Waals surface area contributed by atoms with E-state index < -0.39 is 35.2 Å². The lowest BCUT2D eigenvalue weighted by Crippen LogP contribution is -2.52. The summed E-state index contributed by atoms with van der Waals surface area (Å²) < 4.78 is 19.4. The third-order valence-electron chi connectivity index (χ3n) is 6.41. The second-order valence-electron chi connectivity index (χ2n) is 9.10. The zero-order valence-electron chi connectivity index (χ0n) is 20.0. The van der Waals surface area contributed by atoms with E-state index in [-0.39, 0.29) is 11.9 Å². The molecule has 4 heterocycles. The molecule has 0 saturated carbocycles. The fraction of sp³-hybridized carbons (Fsp3) is 0.360. The smallest absolute Gasteiger partial charge is 0.333 e. The first kappa shape index (κ1) is 24.2. The Morgan fingerprint density at radius 1 is 1.31 bits per heavy atom. The van der Waals surface area contributed by atoms with E-state index in [9.17, 15) is 19.5 Å². The summed E-state index contributed by atoms with van der Waals surface area (Å²) in [5.41, 5.74) is -1.82. The summed E-state index contributed by atoms with van der Waals surface area (Å²) in [5.74, 6) is -0.984. The number of oxazole rings is 1. The van der Waals surface area contributed by atoms with Gasteiger partial charge in [-0.15, -0.1) is 11.3 Å².